The highest BCUT2D eigenvalue weighted by atomic mass is 16.5. The van der Waals surface area contributed by atoms with Gasteiger partial charge >= 0.3 is 0 Å². The molecule has 0 unspecified atom stereocenters. The number of hydrogen-bond donors (Lipinski definition) is 3. The molecule has 4 N–H and O–H groups in total. The third kappa shape index (κ3) is 9.16. The van der Waals surface area contributed by atoms with E-state index in [0.717, 1.165) is 47.4 Å². The van der Waals surface area contributed by atoms with Crippen LogP contribution < -0.4 is 10.5 Å². The topological polar surface area (TPSA) is 75.7 Å². The molecule has 4 heteroatoms. The first-order valence-electron chi connectivity index (χ1n) is 11.4. The van der Waals surface area contributed by atoms with Crippen LogP contribution in [0.5, 0.6) is 17.2 Å². The first-order valence-corrected chi connectivity index (χ1v) is 11.4. The summed E-state index contributed by atoms with van der Waals surface area (Å²) in [5.74, 6) is 1.44. The fourth-order valence-corrected chi connectivity index (χ4v) is 3.17. The van der Waals surface area contributed by atoms with Gasteiger partial charge in [0.25, 0.3) is 0 Å². The highest BCUT2D eigenvalue weighted by Gasteiger charge is 2.02. The van der Waals surface area contributed by atoms with Crippen LogP contribution in [0.15, 0.2) is 90.5 Å². The fraction of sp³-hybridized carbons (Fsp3) is 0.241. The van der Waals surface area contributed by atoms with Gasteiger partial charge in [-0.25, -0.2) is 0 Å². The van der Waals surface area contributed by atoms with Crippen LogP contribution >= 0.6 is 0 Å². The molecule has 0 aromatic heterocycles. The van der Waals surface area contributed by atoms with Crippen LogP contribution in [0.25, 0.3) is 0 Å². The van der Waals surface area contributed by atoms with Crippen molar-refractivity contribution in [2.45, 2.75) is 40.0 Å². The minimum atomic E-state index is 0.282. The standard InChI is InChI=1S/C14H17NO.C13H12O2.C2H6/c1-11-7-8-13(15)9-14(11)16-10-12-5-3-2-4-6-12;14-12-5-1-10(2-6-12)9-11-3-7-13(15)8-4-11;1-2/h3,5-9H,2,4,10,15H2,1H3;1-8,14-15H,9H2;1-2H3. The smallest absolute Gasteiger partial charge is 0.124 e. The quantitative estimate of drug-likeness (QED) is 0.372. The second-order valence-electron chi connectivity index (χ2n) is 7.58. The number of nitrogens with two attached hydrogens (primary N) is 1. The lowest BCUT2D eigenvalue weighted by atomic mass is 10.1. The van der Waals surface area contributed by atoms with Crippen molar-refractivity contribution in [1.29, 1.82) is 0 Å². The van der Waals surface area contributed by atoms with Gasteiger partial charge in [0.2, 0.25) is 0 Å². The summed E-state index contributed by atoms with van der Waals surface area (Å²) in [4.78, 5) is 0. The molecule has 0 atom stereocenters. The lowest BCUT2D eigenvalue weighted by Crippen LogP contribution is -2.02. The largest absolute Gasteiger partial charge is 0.508 e. The highest BCUT2D eigenvalue weighted by Crippen LogP contribution is 2.22. The van der Waals surface area contributed by atoms with Gasteiger partial charge < -0.3 is 20.7 Å². The van der Waals surface area contributed by atoms with Crippen LogP contribution in [0.1, 0.15) is 43.4 Å². The van der Waals surface area contributed by atoms with Gasteiger partial charge in [0.1, 0.15) is 23.9 Å². The molecule has 0 heterocycles. The van der Waals surface area contributed by atoms with E-state index < -0.39 is 0 Å². The van der Waals surface area contributed by atoms with Crippen LogP contribution in [-0.4, -0.2) is 16.8 Å². The molecular formula is C29H35NO3. The number of benzene rings is 3. The molecule has 0 spiro atoms. The molecule has 4 rings (SSSR count). The van der Waals surface area contributed by atoms with Gasteiger partial charge in [-0.1, -0.05) is 62.4 Å². The maximum Gasteiger partial charge on any atom is 0.124 e. The second kappa shape index (κ2) is 13.7. The molecule has 1 aliphatic rings. The van der Waals surface area contributed by atoms with Crippen molar-refractivity contribution in [1.82, 2.24) is 0 Å². The molecule has 0 radical (unpaired) electrons. The van der Waals surface area contributed by atoms with E-state index in [1.807, 2.05) is 63.2 Å². The van der Waals surface area contributed by atoms with E-state index in [1.54, 1.807) is 24.3 Å². The van der Waals surface area contributed by atoms with Crippen molar-refractivity contribution in [3.63, 3.8) is 0 Å². The Bertz CT molecular complexity index is 992. The third-order valence-corrected chi connectivity index (χ3v) is 4.96. The Hall–Kier alpha value is -3.66. The number of anilines is 1. The first kappa shape index (κ1) is 25.6. The zero-order valence-corrected chi connectivity index (χ0v) is 19.8. The van der Waals surface area contributed by atoms with E-state index in [4.69, 9.17) is 20.7 Å². The summed E-state index contributed by atoms with van der Waals surface area (Å²) < 4.78 is 5.76. The lowest BCUT2D eigenvalue weighted by molar-refractivity contribution is 0.352. The van der Waals surface area contributed by atoms with E-state index in [1.165, 1.54) is 5.57 Å². The average molecular weight is 446 g/mol. The first-order chi connectivity index (χ1) is 16.0. The summed E-state index contributed by atoms with van der Waals surface area (Å²) in [6.45, 7) is 6.65. The number of phenols is 2. The molecule has 0 fully saturated rings. The van der Waals surface area contributed by atoms with Crippen molar-refractivity contribution >= 4 is 5.69 Å². The van der Waals surface area contributed by atoms with E-state index in [2.05, 4.69) is 18.2 Å². The number of nitrogen functional groups attached to an aromatic ring is 1. The molecule has 0 bridgehead atoms. The van der Waals surface area contributed by atoms with E-state index >= 15 is 0 Å². The number of aryl methyl sites for hydroxylation is 1. The van der Waals surface area contributed by atoms with Gasteiger partial charge in [-0.2, -0.15) is 0 Å². The minimum absolute atomic E-state index is 0.282. The summed E-state index contributed by atoms with van der Waals surface area (Å²) in [5, 5.41) is 18.3. The predicted octanol–water partition coefficient (Wildman–Crippen LogP) is 6.95. The Balaban J connectivity index is 0.000000218. The molecule has 174 valence electrons. The fourth-order valence-electron chi connectivity index (χ4n) is 3.17. The number of hydrogen-bond acceptors (Lipinski definition) is 4. The van der Waals surface area contributed by atoms with Gasteiger partial charge in [-0.3, -0.25) is 0 Å². The highest BCUT2D eigenvalue weighted by molar-refractivity contribution is 5.48. The van der Waals surface area contributed by atoms with Gasteiger partial charge in [0, 0.05) is 11.8 Å². The Kier molecular flexibility index (Phi) is 10.6. The minimum Gasteiger partial charge on any atom is -0.508 e. The Morgan fingerprint density at radius 1 is 0.818 bits per heavy atom. The molecule has 0 saturated heterocycles. The normalized spacial score (nSPS) is 11.9. The van der Waals surface area contributed by atoms with Gasteiger partial charge in [-0.05, 0) is 78.8 Å². The van der Waals surface area contributed by atoms with Gasteiger partial charge in [-0.15, -0.1) is 0 Å². The molecular weight excluding hydrogens is 410 g/mol. The number of ether oxygens (including phenoxy) is 1. The molecule has 1 aliphatic carbocycles. The maximum absolute atomic E-state index is 9.13. The zero-order chi connectivity index (χ0) is 24.1. The molecule has 0 amide bonds. The van der Waals surface area contributed by atoms with Crippen molar-refractivity contribution in [3.05, 3.63) is 107 Å². The van der Waals surface area contributed by atoms with Crippen LogP contribution in [0.3, 0.4) is 0 Å². The summed E-state index contributed by atoms with van der Waals surface area (Å²) >= 11 is 0. The van der Waals surface area contributed by atoms with Crippen LogP contribution in [0.2, 0.25) is 0 Å². The molecule has 4 nitrogen and oxygen atoms in total. The van der Waals surface area contributed by atoms with Crippen LogP contribution in [0, 0.1) is 6.92 Å². The molecule has 0 aliphatic heterocycles. The van der Waals surface area contributed by atoms with Crippen molar-refractivity contribution < 1.29 is 14.9 Å². The van der Waals surface area contributed by atoms with Crippen molar-refractivity contribution in [3.8, 4) is 17.2 Å². The Morgan fingerprint density at radius 3 is 1.91 bits per heavy atom. The van der Waals surface area contributed by atoms with Crippen LogP contribution in [0.4, 0.5) is 5.69 Å². The molecule has 3 aromatic rings. The number of phenolic OH excluding ortho intramolecular Hbond substituents is 2. The molecule has 33 heavy (non-hydrogen) atoms. The summed E-state index contributed by atoms with van der Waals surface area (Å²) in [7, 11) is 0. The van der Waals surface area contributed by atoms with Gasteiger partial charge in [0.15, 0.2) is 0 Å². The summed E-state index contributed by atoms with van der Waals surface area (Å²) in [6.07, 6.45) is 9.60. The zero-order valence-electron chi connectivity index (χ0n) is 19.8. The summed E-state index contributed by atoms with van der Waals surface area (Å²) in [6, 6.07) is 20.0. The third-order valence-electron chi connectivity index (χ3n) is 4.96. The lowest BCUT2D eigenvalue weighted by Gasteiger charge is -2.12. The summed E-state index contributed by atoms with van der Waals surface area (Å²) in [5.41, 5.74) is 11.1. The number of aromatic hydroxyl groups is 2. The molecule has 3 aromatic carbocycles. The number of rotatable bonds is 5. The second-order valence-corrected chi connectivity index (χ2v) is 7.58. The van der Waals surface area contributed by atoms with Crippen LogP contribution in [-0.2, 0) is 6.42 Å². The van der Waals surface area contributed by atoms with E-state index in [9.17, 15) is 0 Å². The predicted molar refractivity (Wildman–Crippen MR) is 138 cm³/mol. The number of allylic oxidation sites excluding steroid dienone is 2. The van der Waals surface area contributed by atoms with Crippen molar-refractivity contribution in [2.24, 2.45) is 0 Å². The van der Waals surface area contributed by atoms with E-state index in [-0.39, 0.29) is 11.5 Å². The van der Waals surface area contributed by atoms with Gasteiger partial charge in [0.05, 0.1) is 0 Å². The van der Waals surface area contributed by atoms with E-state index in [0.29, 0.717) is 6.61 Å². The monoisotopic (exact) mass is 445 g/mol. The van der Waals surface area contributed by atoms with Crippen molar-refractivity contribution in [2.75, 3.05) is 12.3 Å². The SMILES string of the molecule is CC.Cc1ccc(N)cc1OCC1=CCCC=C1.Oc1ccc(Cc2ccc(O)cc2)cc1. The Labute approximate surface area is 197 Å². The maximum atomic E-state index is 9.13. The molecule has 0 saturated carbocycles. The average Bonchev–Trinajstić information content (AvgIpc) is 2.85. The Morgan fingerprint density at radius 2 is 1.39 bits per heavy atom.